The summed E-state index contributed by atoms with van der Waals surface area (Å²) in [5.41, 5.74) is 1.82. The van der Waals surface area contributed by atoms with Gasteiger partial charge < -0.3 is 10.2 Å². The summed E-state index contributed by atoms with van der Waals surface area (Å²) < 4.78 is 0. The van der Waals surface area contributed by atoms with Gasteiger partial charge in [0.05, 0.1) is 0 Å². The van der Waals surface area contributed by atoms with E-state index in [4.69, 9.17) is 0 Å². The fourth-order valence-electron chi connectivity index (χ4n) is 2.20. The summed E-state index contributed by atoms with van der Waals surface area (Å²) >= 11 is 0. The van der Waals surface area contributed by atoms with Gasteiger partial charge in [-0.2, -0.15) is 0 Å². The number of nitrogens with one attached hydrogen (secondary N) is 1. The van der Waals surface area contributed by atoms with Crippen LogP contribution >= 0.6 is 0 Å². The second kappa shape index (κ2) is 7.98. The average Bonchev–Trinajstić information content (AvgIpc) is 2.55. The Labute approximate surface area is 130 Å². The smallest absolute Gasteiger partial charge is 0.236 e. The zero-order chi connectivity index (χ0) is 15.8. The van der Waals surface area contributed by atoms with Crippen molar-refractivity contribution < 1.29 is 9.59 Å². The zero-order valence-corrected chi connectivity index (χ0v) is 12.7. The van der Waals surface area contributed by atoms with Gasteiger partial charge in [-0.15, -0.1) is 0 Å². The topological polar surface area (TPSA) is 49.4 Å². The number of hydrogen-bond acceptors (Lipinski definition) is 2. The maximum absolute atomic E-state index is 12.3. The molecule has 2 aromatic carbocycles. The molecule has 0 heterocycles. The van der Waals surface area contributed by atoms with E-state index in [1.165, 1.54) is 0 Å². The molecular weight excluding hydrogens is 276 g/mol. The van der Waals surface area contributed by atoms with E-state index in [9.17, 15) is 9.59 Å². The van der Waals surface area contributed by atoms with E-state index < -0.39 is 0 Å². The van der Waals surface area contributed by atoms with E-state index in [2.05, 4.69) is 5.32 Å². The predicted molar refractivity (Wildman–Crippen MR) is 87.4 cm³/mol. The summed E-state index contributed by atoms with van der Waals surface area (Å²) in [6, 6.07) is 19.0. The molecule has 2 aromatic rings. The number of hydrogen-bond donors (Lipinski definition) is 1. The Morgan fingerprint density at radius 2 is 1.55 bits per heavy atom. The largest absolute Gasteiger partial charge is 0.352 e. The van der Waals surface area contributed by atoms with Crippen molar-refractivity contribution in [1.29, 1.82) is 0 Å². The molecule has 0 aliphatic heterocycles. The van der Waals surface area contributed by atoms with Crippen molar-refractivity contribution in [2.75, 3.05) is 11.4 Å². The summed E-state index contributed by atoms with van der Waals surface area (Å²) in [7, 11) is 0. The van der Waals surface area contributed by atoms with Crippen LogP contribution in [0.3, 0.4) is 0 Å². The molecule has 114 valence electrons. The quantitative estimate of drug-likeness (QED) is 0.833. The average molecular weight is 296 g/mol. The minimum Gasteiger partial charge on any atom is -0.352 e. The van der Waals surface area contributed by atoms with Gasteiger partial charge in [0.15, 0.2) is 0 Å². The van der Waals surface area contributed by atoms with E-state index in [0.717, 1.165) is 11.3 Å². The lowest BCUT2D eigenvalue weighted by Gasteiger charge is -2.20. The van der Waals surface area contributed by atoms with Crippen LogP contribution in [0.5, 0.6) is 0 Å². The highest BCUT2D eigenvalue weighted by Crippen LogP contribution is 2.14. The minimum absolute atomic E-state index is 0.143. The molecule has 0 saturated carbocycles. The number of carbonyl (C=O) groups is 2. The number of nitrogens with zero attached hydrogens (tertiary/aromatic N) is 1. The highest BCUT2D eigenvalue weighted by Gasteiger charge is 2.17. The van der Waals surface area contributed by atoms with E-state index in [1.807, 2.05) is 67.6 Å². The van der Waals surface area contributed by atoms with Gasteiger partial charge in [0.25, 0.3) is 0 Å². The lowest BCUT2D eigenvalue weighted by atomic mass is 10.2. The second-order valence-corrected chi connectivity index (χ2v) is 4.91. The lowest BCUT2D eigenvalue weighted by Crippen LogP contribution is -2.35. The zero-order valence-electron chi connectivity index (χ0n) is 12.7. The standard InChI is InChI=1S/C18H20N2O2/c1-2-20(16-11-7-4-8-12-16)18(22)13-17(21)19-14-15-9-5-3-6-10-15/h3-12H,2,13-14H2,1H3,(H,19,21). The maximum Gasteiger partial charge on any atom is 0.236 e. The molecule has 2 amide bonds. The molecule has 4 nitrogen and oxygen atoms in total. The van der Waals surface area contributed by atoms with Gasteiger partial charge in [-0.1, -0.05) is 48.5 Å². The van der Waals surface area contributed by atoms with E-state index in [0.29, 0.717) is 13.1 Å². The van der Waals surface area contributed by atoms with E-state index in [1.54, 1.807) is 4.90 Å². The van der Waals surface area contributed by atoms with Crippen LogP contribution in [0.2, 0.25) is 0 Å². The third-order valence-electron chi connectivity index (χ3n) is 3.33. The maximum atomic E-state index is 12.3. The fourth-order valence-corrected chi connectivity index (χ4v) is 2.20. The van der Waals surface area contributed by atoms with E-state index in [-0.39, 0.29) is 18.2 Å². The molecular formula is C18H20N2O2. The normalized spacial score (nSPS) is 10.0. The van der Waals surface area contributed by atoms with Crippen molar-refractivity contribution in [1.82, 2.24) is 5.32 Å². The molecule has 4 heteroatoms. The van der Waals surface area contributed by atoms with Crippen molar-refractivity contribution in [2.45, 2.75) is 19.9 Å². The fraction of sp³-hybridized carbons (Fsp3) is 0.222. The molecule has 0 radical (unpaired) electrons. The molecule has 22 heavy (non-hydrogen) atoms. The molecule has 0 saturated heterocycles. The Morgan fingerprint density at radius 1 is 0.955 bits per heavy atom. The number of para-hydroxylation sites is 1. The predicted octanol–water partition coefficient (Wildman–Crippen LogP) is 2.75. The molecule has 0 aliphatic rings. The van der Waals surface area contributed by atoms with Gasteiger partial charge in [0.1, 0.15) is 6.42 Å². The van der Waals surface area contributed by atoms with Crippen LogP contribution in [0.4, 0.5) is 5.69 Å². The third-order valence-corrected chi connectivity index (χ3v) is 3.33. The van der Waals surface area contributed by atoms with Crippen molar-refractivity contribution in [3.63, 3.8) is 0 Å². The summed E-state index contributed by atoms with van der Waals surface area (Å²) in [5, 5.41) is 2.77. The Bertz CT molecular complexity index is 611. The molecule has 0 aliphatic carbocycles. The minimum atomic E-state index is -0.261. The Kier molecular flexibility index (Phi) is 5.72. The van der Waals surface area contributed by atoms with Crippen molar-refractivity contribution >= 4 is 17.5 Å². The summed E-state index contributed by atoms with van der Waals surface area (Å²) in [6.07, 6.45) is -0.143. The van der Waals surface area contributed by atoms with Crippen molar-refractivity contribution in [3.05, 3.63) is 66.2 Å². The Balaban J connectivity index is 1.89. The van der Waals surface area contributed by atoms with Crippen LogP contribution in [0.1, 0.15) is 18.9 Å². The first-order valence-electron chi connectivity index (χ1n) is 7.36. The van der Waals surface area contributed by atoms with Gasteiger partial charge in [-0.25, -0.2) is 0 Å². The first-order valence-corrected chi connectivity index (χ1v) is 7.36. The first kappa shape index (κ1) is 15.8. The van der Waals surface area contributed by atoms with Gasteiger partial charge in [0, 0.05) is 18.8 Å². The number of carbonyl (C=O) groups excluding carboxylic acids is 2. The molecule has 0 aromatic heterocycles. The van der Waals surface area contributed by atoms with Gasteiger partial charge >= 0.3 is 0 Å². The summed E-state index contributed by atoms with van der Waals surface area (Å²) in [5.74, 6) is -0.456. The van der Waals surface area contributed by atoms with Crippen LogP contribution in [-0.2, 0) is 16.1 Å². The Hall–Kier alpha value is -2.62. The number of rotatable bonds is 6. The molecule has 0 fully saturated rings. The highest BCUT2D eigenvalue weighted by atomic mass is 16.2. The highest BCUT2D eigenvalue weighted by molar-refractivity contribution is 6.04. The van der Waals surface area contributed by atoms with E-state index >= 15 is 0 Å². The van der Waals surface area contributed by atoms with Crippen LogP contribution in [-0.4, -0.2) is 18.4 Å². The molecule has 0 atom stereocenters. The Morgan fingerprint density at radius 3 is 2.14 bits per heavy atom. The second-order valence-electron chi connectivity index (χ2n) is 4.91. The van der Waals surface area contributed by atoms with Gasteiger partial charge in [-0.3, -0.25) is 9.59 Å². The van der Waals surface area contributed by atoms with Crippen LogP contribution in [0, 0.1) is 0 Å². The summed E-state index contributed by atoms with van der Waals surface area (Å²) in [6.45, 7) is 2.87. The van der Waals surface area contributed by atoms with Crippen molar-refractivity contribution in [3.8, 4) is 0 Å². The van der Waals surface area contributed by atoms with Gasteiger partial charge in [-0.05, 0) is 24.6 Å². The number of amides is 2. The van der Waals surface area contributed by atoms with Crippen LogP contribution in [0.25, 0.3) is 0 Å². The molecule has 0 bridgehead atoms. The van der Waals surface area contributed by atoms with Crippen LogP contribution in [0.15, 0.2) is 60.7 Å². The number of anilines is 1. The van der Waals surface area contributed by atoms with Crippen molar-refractivity contribution in [2.24, 2.45) is 0 Å². The molecule has 0 unspecified atom stereocenters. The van der Waals surface area contributed by atoms with Gasteiger partial charge in [0.2, 0.25) is 11.8 Å². The summed E-state index contributed by atoms with van der Waals surface area (Å²) in [4.78, 5) is 25.8. The van der Waals surface area contributed by atoms with Crippen LogP contribution < -0.4 is 10.2 Å². The third kappa shape index (κ3) is 4.45. The SMILES string of the molecule is CCN(C(=O)CC(=O)NCc1ccccc1)c1ccccc1. The molecule has 1 N–H and O–H groups in total. The monoisotopic (exact) mass is 296 g/mol. The molecule has 2 rings (SSSR count). The first-order chi connectivity index (χ1) is 10.7. The lowest BCUT2D eigenvalue weighted by molar-refractivity contribution is -0.128. The number of benzene rings is 2. The molecule has 0 spiro atoms.